The predicted octanol–water partition coefficient (Wildman–Crippen LogP) is -0.0121. The van der Waals surface area contributed by atoms with Crippen molar-refractivity contribution in [3.05, 3.63) is 29.6 Å². The molecule has 7 nitrogen and oxygen atoms in total. The van der Waals surface area contributed by atoms with E-state index in [0.717, 1.165) is 0 Å². The Kier molecular flexibility index (Phi) is 4.99. The van der Waals surface area contributed by atoms with Crippen LogP contribution in [0.25, 0.3) is 0 Å². The number of amides is 2. The molecule has 1 aromatic heterocycles. The maximum absolute atomic E-state index is 11.9. The first-order valence-electron chi connectivity index (χ1n) is 5.67. The summed E-state index contributed by atoms with van der Waals surface area (Å²) in [6.45, 7) is 2.22. The molecule has 0 saturated carbocycles. The Morgan fingerprint density at radius 3 is 2.53 bits per heavy atom. The molecule has 0 unspecified atom stereocenters. The number of pyridine rings is 1. The Bertz CT molecular complexity index is 484. The maximum Gasteiger partial charge on any atom is 0.354 e. The number of aromatic nitrogens is 1. The Morgan fingerprint density at radius 1 is 1.37 bits per heavy atom. The van der Waals surface area contributed by atoms with Crippen molar-refractivity contribution in [2.75, 3.05) is 20.1 Å². The Morgan fingerprint density at radius 2 is 2.05 bits per heavy atom. The number of carbonyl (C=O) groups excluding carboxylic acids is 2. The number of nitrogens with zero attached hydrogens (tertiary/aromatic N) is 2. The summed E-state index contributed by atoms with van der Waals surface area (Å²) in [6.07, 6.45) is 1.18. The fourth-order valence-corrected chi connectivity index (χ4v) is 1.41. The zero-order valence-electron chi connectivity index (χ0n) is 10.7. The molecule has 0 radical (unpaired) electrons. The second kappa shape index (κ2) is 6.48. The molecule has 102 valence electrons. The molecule has 0 spiro atoms. The van der Waals surface area contributed by atoms with Crippen LogP contribution in [0.5, 0.6) is 0 Å². The van der Waals surface area contributed by atoms with Gasteiger partial charge in [0.05, 0.1) is 12.1 Å². The first-order valence-corrected chi connectivity index (χ1v) is 5.67. The topological polar surface area (TPSA) is 99.6 Å². The number of carbonyl (C=O) groups is 3. The van der Waals surface area contributed by atoms with Crippen LogP contribution < -0.4 is 5.32 Å². The molecule has 1 heterocycles. The molecule has 19 heavy (non-hydrogen) atoms. The fraction of sp³-hybridized carbons (Fsp3) is 0.333. The highest BCUT2D eigenvalue weighted by Gasteiger charge is 2.15. The van der Waals surface area contributed by atoms with Crippen molar-refractivity contribution in [2.24, 2.45) is 0 Å². The van der Waals surface area contributed by atoms with Gasteiger partial charge in [-0.05, 0) is 19.1 Å². The highest BCUT2D eigenvalue weighted by molar-refractivity contribution is 5.96. The van der Waals surface area contributed by atoms with Crippen LogP contribution in [-0.2, 0) is 4.79 Å². The SMILES string of the molecule is CCNC(=O)CN(C)C(=O)c1ccc(C(=O)O)nc1. The summed E-state index contributed by atoms with van der Waals surface area (Å²) < 4.78 is 0. The van der Waals surface area contributed by atoms with E-state index in [1.807, 2.05) is 0 Å². The summed E-state index contributed by atoms with van der Waals surface area (Å²) >= 11 is 0. The summed E-state index contributed by atoms with van der Waals surface area (Å²) in [6, 6.07) is 2.61. The highest BCUT2D eigenvalue weighted by atomic mass is 16.4. The summed E-state index contributed by atoms with van der Waals surface area (Å²) in [5.74, 6) is -1.81. The van der Waals surface area contributed by atoms with Gasteiger partial charge in [-0.15, -0.1) is 0 Å². The largest absolute Gasteiger partial charge is 0.477 e. The van der Waals surface area contributed by atoms with Gasteiger partial charge >= 0.3 is 5.97 Å². The van der Waals surface area contributed by atoms with Crippen molar-refractivity contribution >= 4 is 17.8 Å². The quantitative estimate of drug-likeness (QED) is 0.780. The average molecular weight is 265 g/mol. The zero-order chi connectivity index (χ0) is 14.4. The maximum atomic E-state index is 11.9. The van der Waals surface area contributed by atoms with Crippen molar-refractivity contribution in [2.45, 2.75) is 6.92 Å². The van der Waals surface area contributed by atoms with Gasteiger partial charge in [-0.1, -0.05) is 0 Å². The van der Waals surface area contributed by atoms with Gasteiger partial charge in [-0.2, -0.15) is 0 Å². The summed E-state index contributed by atoms with van der Waals surface area (Å²) in [5.41, 5.74) is 0.0970. The molecule has 1 aromatic rings. The van der Waals surface area contributed by atoms with Crippen LogP contribution in [0.4, 0.5) is 0 Å². The third-order valence-electron chi connectivity index (χ3n) is 2.33. The Labute approximate surface area is 110 Å². The van der Waals surface area contributed by atoms with Crippen LogP contribution in [0.2, 0.25) is 0 Å². The molecule has 0 aliphatic heterocycles. The zero-order valence-corrected chi connectivity index (χ0v) is 10.7. The van der Waals surface area contributed by atoms with Crippen LogP contribution in [0, 0.1) is 0 Å². The molecule has 7 heteroatoms. The lowest BCUT2D eigenvalue weighted by molar-refractivity contribution is -0.121. The van der Waals surface area contributed by atoms with E-state index in [0.29, 0.717) is 6.54 Å². The smallest absolute Gasteiger partial charge is 0.354 e. The summed E-state index contributed by atoms with van der Waals surface area (Å²) in [4.78, 5) is 38.8. The van der Waals surface area contributed by atoms with Gasteiger partial charge in [0, 0.05) is 19.8 Å². The number of nitrogens with one attached hydrogen (secondary N) is 1. The van der Waals surface area contributed by atoms with E-state index in [-0.39, 0.29) is 23.7 Å². The van der Waals surface area contributed by atoms with Crippen LogP contribution in [0.3, 0.4) is 0 Å². The standard InChI is InChI=1S/C12H15N3O4/c1-3-13-10(16)7-15(2)11(17)8-4-5-9(12(18)19)14-6-8/h4-6H,3,7H2,1-2H3,(H,13,16)(H,18,19). The molecule has 0 aromatic carbocycles. The first-order chi connectivity index (χ1) is 8.95. The molecule has 0 aliphatic carbocycles. The number of hydrogen-bond donors (Lipinski definition) is 2. The summed E-state index contributed by atoms with van der Waals surface area (Å²) in [5, 5.41) is 11.3. The second-order valence-electron chi connectivity index (χ2n) is 3.85. The number of aromatic carboxylic acids is 1. The van der Waals surface area contributed by atoms with Crippen molar-refractivity contribution in [1.29, 1.82) is 0 Å². The number of carboxylic acids is 1. The van der Waals surface area contributed by atoms with E-state index < -0.39 is 11.9 Å². The molecule has 0 atom stereocenters. The minimum absolute atomic E-state index is 0.0621. The number of hydrogen-bond acceptors (Lipinski definition) is 4. The molecule has 0 bridgehead atoms. The average Bonchev–Trinajstić information content (AvgIpc) is 2.38. The van der Waals surface area contributed by atoms with Gasteiger partial charge in [0.1, 0.15) is 5.69 Å². The molecule has 0 aliphatic rings. The molecule has 0 fully saturated rings. The third kappa shape index (κ3) is 4.06. The van der Waals surface area contributed by atoms with Gasteiger partial charge in [0.15, 0.2) is 0 Å². The molecule has 2 amide bonds. The fourth-order valence-electron chi connectivity index (χ4n) is 1.41. The number of rotatable bonds is 5. The lowest BCUT2D eigenvalue weighted by Crippen LogP contribution is -2.38. The van der Waals surface area contributed by atoms with Crippen LogP contribution in [0.1, 0.15) is 27.8 Å². The number of likely N-dealkylation sites (N-methyl/N-ethyl adjacent to an activating group) is 2. The van der Waals surface area contributed by atoms with Crippen molar-refractivity contribution in [3.63, 3.8) is 0 Å². The second-order valence-corrected chi connectivity index (χ2v) is 3.85. The molecular weight excluding hydrogens is 250 g/mol. The molecular formula is C12H15N3O4. The van der Waals surface area contributed by atoms with Crippen LogP contribution in [0.15, 0.2) is 18.3 Å². The molecule has 1 rings (SSSR count). The highest BCUT2D eigenvalue weighted by Crippen LogP contribution is 2.04. The Balaban J connectivity index is 2.71. The minimum Gasteiger partial charge on any atom is -0.477 e. The van der Waals surface area contributed by atoms with E-state index in [4.69, 9.17) is 5.11 Å². The van der Waals surface area contributed by atoms with E-state index >= 15 is 0 Å². The normalized spacial score (nSPS) is 9.79. The van der Waals surface area contributed by atoms with Crippen LogP contribution >= 0.6 is 0 Å². The van der Waals surface area contributed by atoms with Crippen LogP contribution in [-0.4, -0.2) is 52.9 Å². The van der Waals surface area contributed by atoms with E-state index in [2.05, 4.69) is 10.3 Å². The van der Waals surface area contributed by atoms with Gasteiger partial charge in [-0.3, -0.25) is 9.59 Å². The first kappa shape index (κ1) is 14.6. The lowest BCUT2D eigenvalue weighted by Gasteiger charge is -2.16. The van der Waals surface area contributed by atoms with Gasteiger partial charge < -0.3 is 15.3 Å². The van der Waals surface area contributed by atoms with Crippen molar-refractivity contribution in [1.82, 2.24) is 15.2 Å². The Hall–Kier alpha value is -2.44. The minimum atomic E-state index is -1.16. The molecule has 0 saturated heterocycles. The van der Waals surface area contributed by atoms with Crippen molar-refractivity contribution in [3.8, 4) is 0 Å². The predicted molar refractivity (Wildman–Crippen MR) is 66.8 cm³/mol. The summed E-state index contributed by atoms with van der Waals surface area (Å²) in [7, 11) is 1.49. The van der Waals surface area contributed by atoms with Crippen molar-refractivity contribution < 1.29 is 19.5 Å². The number of carboxylic acid groups (broad SMARTS) is 1. The van der Waals surface area contributed by atoms with Gasteiger partial charge in [0.2, 0.25) is 5.91 Å². The van der Waals surface area contributed by atoms with E-state index in [1.54, 1.807) is 6.92 Å². The monoisotopic (exact) mass is 265 g/mol. The molecule has 2 N–H and O–H groups in total. The van der Waals surface area contributed by atoms with Gasteiger partial charge in [0.25, 0.3) is 5.91 Å². The van der Waals surface area contributed by atoms with Gasteiger partial charge in [-0.25, -0.2) is 9.78 Å². The van der Waals surface area contributed by atoms with E-state index in [9.17, 15) is 14.4 Å². The third-order valence-corrected chi connectivity index (χ3v) is 2.33. The lowest BCUT2D eigenvalue weighted by atomic mass is 10.2. The van der Waals surface area contributed by atoms with E-state index in [1.165, 1.54) is 30.3 Å².